The lowest BCUT2D eigenvalue weighted by Crippen LogP contribution is -2.48. The first kappa shape index (κ1) is 22.7. The Bertz CT molecular complexity index is 1000. The number of benzene rings is 2. The number of carbonyl (C=O) groups excluding carboxylic acids is 2. The van der Waals surface area contributed by atoms with Crippen molar-refractivity contribution in [2.24, 2.45) is 0 Å². The molecule has 0 saturated heterocycles. The molecule has 4 atom stereocenters. The SMILES string of the molecule is CCOC(=O)[C@@H]1Cc2ccc3c(c2)CN(CO3)[C@H](C(=O)OCC)Cc2ccc3c(c2)CN1CO3. The molecule has 0 fully saturated rings. The normalized spacial score (nSPS) is 25.0. The molecule has 0 aliphatic carbocycles. The molecule has 6 bridgehead atoms. The van der Waals surface area contributed by atoms with Gasteiger partial charge in [0, 0.05) is 24.2 Å². The monoisotopic (exact) mass is 466 g/mol. The summed E-state index contributed by atoms with van der Waals surface area (Å²) in [5, 5.41) is 0. The molecule has 8 heteroatoms. The zero-order chi connectivity index (χ0) is 23.7. The average Bonchev–Trinajstić information content (AvgIpc) is 2.84. The van der Waals surface area contributed by atoms with Gasteiger partial charge in [0.2, 0.25) is 0 Å². The van der Waals surface area contributed by atoms with Crippen molar-refractivity contribution in [1.82, 2.24) is 9.80 Å². The summed E-state index contributed by atoms with van der Waals surface area (Å²) in [4.78, 5) is 29.9. The van der Waals surface area contributed by atoms with Crippen molar-refractivity contribution in [3.8, 4) is 11.5 Å². The molecule has 5 rings (SSSR count). The van der Waals surface area contributed by atoms with Crippen molar-refractivity contribution in [2.75, 3.05) is 26.7 Å². The van der Waals surface area contributed by atoms with Crippen molar-refractivity contribution in [2.45, 2.75) is 51.9 Å². The van der Waals surface area contributed by atoms with E-state index in [4.69, 9.17) is 18.9 Å². The van der Waals surface area contributed by atoms with Gasteiger partial charge in [-0.05, 0) is 49.9 Å². The smallest absolute Gasteiger partial charge is 0.323 e. The van der Waals surface area contributed by atoms with E-state index in [0.29, 0.717) is 52.6 Å². The lowest BCUT2D eigenvalue weighted by Gasteiger charge is -2.36. The van der Waals surface area contributed by atoms with Gasteiger partial charge in [0.1, 0.15) is 37.0 Å². The highest BCUT2D eigenvalue weighted by Gasteiger charge is 2.35. The van der Waals surface area contributed by atoms with Crippen molar-refractivity contribution in [1.29, 1.82) is 0 Å². The van der Waals surface area contributed by atoms with E-state index in [0.717, 1.165) is 33.8 Å². The molecule has 180 valence electrons. The fraction of sp³-hybridized carbons (Fsp3) is 0.462. The van der Waals surface area contributed by atoms with Gasteiger partial charge in [0.05, 0.1) is 13.2 Å². The Kier molecular flexibility index (Phi) is 6.43. The second-order valence-electron chi connectivity index (χ2n) is 8.87. The fourth-order valence-electron chi connectivity index (χ4n) is 4.93. The molecule has 0 N–H and O–H groups in total. The second-order valence-corrected chi connectivity index (χ2v) is 8.87. The predicted molar refractivity (Wildman–Crippen MR) is 123 cm³/mol. The number of hydrogen-bond acceptors (Lipinski definition) is 8. The molecule has 8 nitrogen and oxygen atoms in total. The van der Waals surface area contributed by atoms with Crippen molar-refractivity contribution in [3.63, 3.8) is 0 Å². The molecule has 3 aliphatic heterocycles. The summed E-state index contributed by atoms with van der Waals surface area (Å²) in [7, 11) is 0. The van der Waals surface area contributed by atoms with Crippen LogP contribution in [-0.2, 0) is 45.0 Å². The van der Waals surface area contributed by atoms with Gasteiger partial charge in [-0.2, -0.15) is 0 Å². The quantitative estimate of drug-likeness (QED) is 0.637. The first-order valence-corrected chi connectivity index (χ1v) is 11.9. The molecule has 2 aromatic rings. The van der Waals surface area contributed by atoms with Crippen LogP contribution >= 0.6 is 0 Å². The zero-order valence-electron chi connectivity index (χ0n) is 19.6. The van der Waals surface area contributed by atoms with Crippen LogP contribution in [0.25, 0.3) is 0 Å². The Labute approximate surface area is 199 Å². The standard InChI is InChI=1S/C26H30N2O6/c1-3-31-25(29)21-11-17-5-7-24-20(9-17)14-28(16-34-24)22(26(30)32-4-2)12-18-6-8-23-19(10-18)13-27(21)15-33-23/h5-10,21-22H,3-4,11-16H2,1-2H3/t21-,22-/m0/s1. The Hall–Kier alpha value is -3.10. The van der Waals surface area contributed by atoms with Crippen LogP contribution in [0.4, 0.5) is 0 Å². The summed E-state index contributed by atoms with van der Waals surface area (Å²) in [6.07, 6.45) is 0.984. The lowest BCUT2D eigenvalue weighted by molar-refractivity contribution is -0.152. The third-order valence-electron chi connectivity index (χ3n) is 6.63. The maximum atomic E-state index is 13.0. The molecule has 0 aromatic heterocycles. The third kappa shape index (κ3) is 4.48. The first-order valence-electron chi connectivity index (χ1n) is 11.9. The second kappa shape index (κ2) is 9.64. The Morgan fingerprint density at radius 1 is 0.794 bits per heavy atom. The van der Waals surface area contributed by atoms with Crippen LogP contribution < -0.4 is 9.47 Å². The highest BCUT2D eigenvalue weighted by Crippen LogP contribution is 2.32. The number of esters is 2. The molecule has 3 aliphatic rings. The van der Waals surface area contributed by atoms with Crippen LogP contribution in [0.1, 0.15) is 36.1 Å². The van der Waals surface area contributed by atoms with Crippen LogP contribution in [0.5, 0.6) is 11.5 Å². The number of fused-ring (bicyclic) bond motifs is 4. The van der Waals surface area contributed by atoms with Gasteiger partial charge in [-0.25, -0.2) is 0 Å². The van der Waals surface area contributed by atoms with E-state index < -0.39 is 12.1 Å². The van der Waals surface area contributed by atoms with Gasteiger partial charge >= 0.3 is 11.9 Å². The molecule has 2 aromatic carbocycles. The van der Waals surface area contributed by atoms with E-state index in [1.54, 1.807) is 0 Å². The maximum Gasteiger partial charge on any atom is 0.323 e. The Morgan fingerprint density at radius 3 is 1.65 bits per heavy atom. The molecule has 2 unspecified atom stereocenters. The van der Waals surface area contributed by atoms with Crippen LogP contribution in [0.15, 0.2) is 36.4 Å². The maximum absolute atomic E-state index is 13.0. The zero-order valence-corrected chi connectivity index (χ0v) is 19.6. The summed E-state index contributed by atoms with van der Waals surface area (Å²) >= 11 is 0. The van der Waals surface area contributed by atoms with Crippen LogP contribution in [0, 0.1) is 0 Å². The molecule has 0 radical (unpaired) electrons. The van der Waals surface area contributed by atoms with Crippen molar-refractivity contribution >= 4 is 11.9 Å². The highest BCUT2D eigenvalue weighted by molar-refractivity contribution is 5.77. The Morgan fingerprint density at radius 2 is 1.24 bits per heavy atom. The van der Waals surface area contributed by atoms with Gasteiger partial charge in [-0.1, -0.05) is 24.3 Å². The summed E-state index contributed by atoms with van der Waals surface area (Å²) in [6.45, 7) is 6.04. The van der Waals surface area contributed by atoms with Gasteiger partial charge < -0.3 is 18.9 Å². The van der Waals surface area contributed by atoms with Crippen molar-refractivity contribution in [3.05, 3.63) is 58.7 Å². The topological polar surface area (TPSA) is 77.5 Å². The van der Waals surface area contributed by atoms with Gasteiger partial charge in [0.15, 0.2) is 0 Å². The molecule has 0 spiro atoms. The first-order chi connectivity index (χ1) is 16.6. The van der Waals surface area contributed by atoms with Gasteiger partial charge in [-0.3, -0.25) is 19.4 Å². The number of rotatable bonds is 4. The Balaban J connectivity index is 1.57. The summed E-state index contributed by atoms with van der Waals surface area (Å²) in [5.41, 5.74) is 3.99. The molecule has 3 heterocycles. The van der Waals surface area contributed by atoms with Gasteiger partial charge in [0.25, 0.3) is 0 Å². The molecule has 0 saturated carbocycles. The molecular weight excluding hydrogens is 436 g/mol. The summed E-state index contributed by atoms with van der Waals surface area (Å²) in [6, 6.07) is 11.1. The molecule has 34 heavy (non-hydrogen) atoms. The molecular formula is C26H30N2O6. The third-order valence-corrected chi connectivity index (χ3v) is 6.63. The van der Waals surface area contributed by atoms with E-state index in [1.165, 1.54) is 0 Å². The fourth-order valence-corrected chi connectivity index (χ4v) is 4.93. The summed E-state index contributed by atoms with van der Waals surface area (Å²) in [5.74, 6) is 1.09. The highest BCUT2D eigenvalue weighted by atomic mass is 16.5. The van der Waals surface area contributed by atoms with E-state index in [1.807, 2.05) is 47.9 Å². The van der Waals surface area contributed by atoms with E-state index in [2.05, 4.69) is 12.1 Å². The van der Waals surface area contributed by atoms with E-state index in [9.17, 15) is 9.59 Å². The minimum Gasteiger partial charge on any atom is -0.478 e. The lowest BCUT2D eigenvalue weighted by atomic mass is 9.97. The number of nitrogens with zero attached hydrogens (tertiary/aromatic N) is 2. The van der Waals surface area contributed by atoms with E-state index >= 15 is 0 Å². The number of ether oxygens (including phenoxy) is 4. The van der Waals surface area contributed by atoms with Crippen LogP contribution in [-0.4, -0.2) is 60.5 Å². The average molecular weight is 467 g/mol. The molecule has 0 amide bonds. The van der Waals surface area contributed by atoms with E-state index in [-0.39, 0.29) is 11.9 Å². The summed E-state index contributed by atoms with van der Waals surface area (Å²) < 4.78 is 22.9. The van der Waals surface area contributed by atoms with Crippen molar-refractivity contribution < 1.29 is 28.5 Å². The predicted octanol–water partition coefficient (Wildman–Crippen LogP) is 2.65. The number of carbonyl (C=O) groups is 2. The van der Waals surface area contributed by atoms with Crippen LogP contribution in [0.3, 0.4) is 0 Å². The minimum atomic E-state index is -0.467. The van der Waals surface area contributed by atoms with Gasteiger partial charge in [-0.15, -0.1) is 0 Å². The number of hydrogen-bond donors (Lipinski definition) is 0. The largest absolute Gasteiger partial charge is 0.478 e. The minimum absolute atomic E-state index is 0.254. The van der Waals surface area contributed by atoms with Crippen LogP contribution in [0.2, 0.25) is 0 Å².